The summed E-state index contributed by atoms with van der Waals surface area (Å²) in [6.07, 6.45) is 3.96. The first-order valence-corrected chi connectivity index (χ1v) is 41.1. The molecule has 516 valence electrons. The lowest BCUT2D eigenvalue weighted by Crippen LogP contribution is -2.53. The Bertz CT molecular complexity index is 4450. The van der Waals surface area contributed by atoms with Crippen molar-refractivity contribution < 1.29 is 27.0 Å². The van der Waals surface area contributed by atoms with Gasteiger partial charge in [0.2, 0.25) is 35.6 Å². The van der Waals surface area contributed by atoms with Gasteiger partial charge in [0.05, 0.1) is 61.3 Å². The molecule has 0 bridgehead atoms. The smallest absolute Gasteiger partial charge is 0.226 e. The third-order valence-corrected chi connectivity index (χ3v) is 27.4. The molecule has 6 aliphatic heterocycles. The number of imidazole rings is 3. The Labute approximate surface area is 589 Å². The van der Waals surface area contributed by atoms with Crippen LogP contribution in [0.25, 0.3) is 33.1 Å². The maximum Gasteiger partial charge on any atom is 0.226 e. The summed E-state index contributed by atoms with van der Waals surface area (Å²) in [5, 5.41) is 1.66. The third kappa shape index (κ3) is 15.6. The number of nitrogens with one attached hydrogen (secondary N) is 3. The number of piperazine rings is 3. The zero-order valence-corrected chi connectivity index (χ0v) is 60.2. The van der Waals surface area contributed by atoms with E-state index in [1.165, 1.54) is 5.56 Å². The van der Waals surface area contributed by atoms with E-state index in [0.717, 1.165) is 79.7 Å². The number of benzene rings is 6. The van der Waals surface area contributed by atoms with Crippen LogP contribution in [0.4, 0.5) is 17.8 Å². The van der Waals surface area contributed by atoms with Crippen molar-refractivity contribution in [2.75, 3.05) is 108 Å². The molecule has 3 amide bonds. The van der Waals surface area contributed by atoms with Crippen molar-refractivity contribution in [3.05, 3.63) is 176 Å². The number of nitrogens with zero attached hydrogens (tertiary/aromatic N) is 9. The SMILES string of the molecule is C=S1(=O)CCC(C(=O)N2CCN(c3nc4cc(Cl)c(C)cc4[nH]3)CC2c2ccccc2)CC1.C=S1(=O)CCC(C(=O)N2CCN(c3nc4cc(Cl)c(Cl)cc4[nH]3)CC2c2ccccc2)CC1.C=S1(=O)CCC(C(=O)N2CCN(c3nc4ccc(C)cc4[nH]3)CC2c2ccccc2)CC1. The number of aromatic nitrogens is 6. The standard InChI is InChI=1S/C25H29ClN4O2S.C25H30N4O2S.C24H26Cl2N4O2S/c1-17-14-21-22(15-20(17)26)28-25(27-21)29-10-11-30(23(16-29)18-6-4-3-5-7-18)24(31)19-8-12-33(2,32)13-9-19;1-18-8-9-21-22(16-18)27-25(26-21)28-12-13-29(23(17-28)19-6-4-3-5-7-19)24(30)20-10-14-32(2,31)15-11-20;1-33(32)11-7-17(8-12-33)23(31)30-10-9-29(15-22(30)16-5-3-2-4-6-16)24-27-20-13-18(25)19(26)14-21(20)28-24/h3-7,14-15,19,23H,2,8-13,16H2,1H3,(H,27,28);3-9,16,20,23H,2,10-15,17H2,1H3,(H,26,27);2-6,13-14,17,22H,1,7-12,15H2,(H,27,28). The molecule has 6 aromatic carbocycles. The number of rotatable bonds is 9. The number of hydrogen-bond acceptors (Lipinski definition) is 12. The molecule has 0 aliphatic carbocycles. The highest BCUT2D eigenvalue weighted by atomic mass is 35.5. The minimum Gasteiger partial charge on any atom is -0.338 e. The van der Waals surface area contributed by atoms with E-state index in [1.807, 2.05) is 94.4 Å². The van der Waals surface area contributed by atoms with Crippen LogP contribution in [-0.4, -0.2) is 186 Å². The lowest BCUT2D eigenvalue weighted by Gasteiger charge is -2.43. The summed E-state index contributed by atoms with van der Waals surface area (Å²) in [6.45, 7) is 9.96. The highest BCUT2D eigenvalue weighted by Gasteiger charge is 2.41. The zero-order valence-electron chi connectivity index (χ0n) is 55.5. The van der Waals surface area contributed by atoms with Gasteiger partial charge >= 0.3 is 0 Å². The van der Waals surface area contributed by atoms with E-state index in [1.54, 1.807) is 12.1 Å². The van der Waals surface area contributed by atoms with E-state index < -0.39 is 28.6 Å². The minimum absolute atomic E-state index is 0.0431. The van der Waals surface area contributed by atoms with Crippen LogP contribution in [-0.2, 0) is 42.9 Å². The fraction of sp³-hybridized carbons (Fsp3) is 0.392. The Morgan fingerprint density at radius 3 is 1.09 bits per heavy atom. The summed E-state index contributed by atoms with van der Waals surface area (Å²) in [7, 11) is -6.03. The number of carbonyl (C=O) groups excluding carboxylic acids is 3. The quantitative estimate of drug-likeness (QED) is 0.115. The number of hydrogen-bond donors (Lipinski definition) is 3. The van der Waals surface area contributed by atoms with Crippen molar-refractivity contribution in [1.29, 1.82) is 0 Å². The second-order valence-electron chi connectivity index (χ2n) is 27.3. The molecule has 6 fully saturated rings. The fourth-order valence-corrected chi connectivity index (χ4v) is 20.0. The van der Waals surface area contributed by atoms with Crippen LogP contribution in [0, 0.1) is 31.6 Å². The van der Waals surface area contributed by atoms with Crippen LogP contribution in [0.15, 0.2) is 133 Å². The van der Waals surface area contributed by atoms with Crippen LogP contribution in [0.5, 0.6) is 0 Å². The van der Waals surface area contributed by atoms with E-state index in [9.17, 15) is 27.0 Å². The molecule has 9 aromatic rings. The van der Waals surface area contributed by atoms with Crippen molar-refractivity contribution in [3.63, 3.8) is 0 Å². The van der Waals surface area contributed by atoms with Gasteiger partial charge in [-0.15, -0.1) is 0 Å². The van der Waals surface area contributed by atoms with Gasteiger partial charge in [-0.1, -0.05) is 132 Å². The lowest BCUT2D eigenvalue weighted by molar-refractivity contribution is -0.139. The number of aryl methyl sites for hydroxylation is 2. The predicted molar refractivity (Wildman–Crippen MR) is 405 cm³/mol. The number of anilines is 3. The first-order chi connectivity index (χ1) is 47.0. The van der Waals surface area contributed by atoms with Gasteiger partial charge in [-0.3, -0.25) is 27.0 Å². The van der Waals surface area contributed by atoms with E-state index >= 15 is 0 Å². The summed E-state index contributed by atoms with van der Waals surface area (Å²) in [5.74, 6) is 17.5. The molecule has 3 aromatic heterocycles. The molecule has 3 atom stereocenters. The topological polar surface area (TPSA) is 208 Å². The van der Waals surface area contributed by atoms with Gasteiger partial charge in [-0.25, -0.2) is 15.0 Å². The summed E-state index contributed by atoms with van der Waals surface area (Å²) in [5.41, 5.74) is 10.9. The fourth-order valence-electron chi connectivity index (χ4n) is 14.6. The molecule has 3 N–H and O–H groups in total. The Morgan fingerprint density at radius 2 is 0.724 bits per heavy atom. The van der Waals surface area contributed by atoms with Gasteiger partial charge in [0.25, 0.3) is 0 Å². The van der Waals surface area contributed by atoms with Crippen LogP contribution < -0.4 is 14.7 Å². The third-order valence-electron chi connectivity index (χ3n) is 20.4. The van der Waals surface area contributed by atoms with E-state index in [0.29, 0.717) is 140 Å². The first kappa shape index (κ1) is 69.0. The second-order valence-corrected chi connectivity index (χ2v) is 36.7. The molecular formula is C74H85Cl3N12O6S3. The zero-order chi connectivity index (χ0) is 68.6. The van der Waals surface area contributed by atoms with Crippen LogP contribution in [0.2, 0.25) is 15.1 Å². The van der Waals surface area contributed by atoms with Crippen molar-refractivity contribution >= 4 is 150 Å². The molecule has 15 rings (SSSR count). The molecule has 98 heavy (non-hydrogen) atoms. The number of carbonyl (C=O) groups is 3. The number of H-pyrrole nitrogens is 3. The molecule has 24 heteroatoms. The molecule has 6 saturated heterocycles. The van der Waals surface area contributed by atoms with E-state index in [4.69, 9.17) is 49.8 Å². The average molecular weight is 1440 g/mol. The van der Waals surface area contributed by atoms with E-state index in [-0.39, 0.29) is 53.6 Å². The van der Waals surface area contributed by atoms with Gasteiger partial charge in [-0.05, 0) is 163 Å². The normalized spacial score (nSPS) is 26.1. The predicted octanol–water partition coefficient (Wildman–Crippen LogP) is 11.8. The maximum atomic E-state index is 13.6. The summed E-state index contributed by atoms with van der Waals surface area (Å²) >= 11 is 18.6. The van der Waals surface area contributed by atoms with Crippen LogP contribution in [0.1, 0.15) is 84.5 Å². The maximum absolute atomic E-state index is 13.6. The van der Waals surface area contributed by atoms with Gasteiger partial charge in [0.15, 0.2) is 0 Å². The Balaban J connectivity index is 0.000000132. The molecule has 18 nitrogen and oxygen atoms in total. The molecule has 3 unspecified atom stereocenters. The minimum atomic E-state index is -2.02. The number of aromatic amines is 3. The molecular weight excluding hydrogens is 1360 g/mol. The Morgan fingerprint density at radius 1 is 0.408 bits per heavy atom. The monoisotopic (exact) mass is 1440 g/mol. The summed E-state index contributed by atoms with van der Waals surface area (Å²) in [4.78, 5) is 77.9. The first-order valence-electron chi connectivity index (χ1n) is 33.8. The largest absolute Gasteiger partial charge is 0.338 e. The molecule has 0 saturated carbocycles. The second kappa shape index (κ2) is 29.0. The van der Waals surface area contributed by atoms with Crippen molar-refractivity contribution in [2.45, 2.75) is 70.5 Å². The molecule has 6 aliphatic rings. The highest BCUT2D eigenvalue weighted by Crippen LogP contribution is 2.38. The van der Waals surface area contributed by atoms with Gasteiger partial charge < -0.3 is 44.4 Å². The molecule has 9 heterocycles. The summed E-state index contributed by atoms with van der Waals surface area (Å²) in [6, 6.07) is 44.0. The number of halogens is 3. The summed E-state index contributed by atoms with van der Waals surface area (Å²) < 4.78 is 36.9. The van der Waals surface area contributed by atoms with Crippen LogP contribution >= 0.6 is 34.8 Å². The number of fused-ring (bicyclic) bond motifs is 3. The highest BCUT2D eigenvalue weighted by molar-refractivity contribution is 8.00. The lowest BCUT2D eigenvalue weighted by atomic mass is 9.96. The van der Waals surface area contributed by atoms with Crippen molar-refractivity contribution in [2.24, 2.45) is 17.8 Å². The molecule has 0 spiro atoms. The van der Waals surface area contributed by atoms with E-state index in [2.05, 4.69) is 103 Å². The van der Waals surface area contributed by atoms with Gasteiger partial charge in [-0.2, -0.15) is 0 Å². The molecule has 0 radical (unpaired) electrons. The van der Waals surface area contributed by atoms with Gasteiger partial charge in [0.1, 0.15) is 0 Å². The Hall–Kier alpha value is -7.53. The average Bonchev–Trinajstić information content (AvgIpc) is 1.43. The Kier molecular flexibility index (Phi) is 20.4. The number of amides is 3. The van der Waals surface area contributed by atoms with Crippen molar-refractivity contribution in [1.82, 2.24) is 44.6 Å². The van der Waals surface area contributed by atoms with Crippen molar-refractivity contribution in [3.8, 4) is 0 Å². The van der Waals surface area contributed by atoms with Gasteiger partial charge in [0, 0.05) is 116 Å². The van der Waals surface area contributed by atoms with Crippen LogP contribution in [0.3, 0.4) is 0 Å².